The Morgan fingerprint density at radius 3 is 2.43 bits per heavy atom. The summed E-state index contributed by atoms with van der Waals surface area (Å²) in [5.74, 6) is 0. The molecule has 72 valence electrons. The van der Waals surface area contributed by atoms with Crippen LogP contribution >= 0.6 is 0 Å². The van der Waals surface area contributed by atoms with E-state index in [4.69, 9.17) is 11.1 Å². The Hall–Kier alpha value is -1.97. The third-order valence-electron chi connectivity index (χ3n) is 1.71. The van der Waals surface area contributed by atoms with Crippen molar-refractivity contribution in [3.8, 4) is 0 Å². The molecule has 0 saturated carbocycles. The van der Waals surface area contributed by atoms with Gasteiger partial charge in [-0.2, -0.15) is 4.99 Å². The van der Waals surface area contributed by atoms with Gasteiger partial charge in [0.1, 0.15) is 0 Å². The van der Waals surface area contributed by atoms with Crippen molar-refractivity contribution in [2.24, 2.45) is 10.7 Å². The highest BCUT2D eigenvalue weighted by molar-refractivity contribution is 6.38. The average molecular weight is 189 g/mol. The molecule has 4 heteroatoms. The normalized spacial score (nSPS) is 11.1. The van der Waals surface area contributed by atoms with E-state index in [1.165, 1.54) is 0 Å². The summed E-state index contributed by atoms with van der Waals surface area (Å²) in [4.78, 5) is 14.0. The molecule has 0 saturated heterocycles. The molecule has 0 fully saturated rings. The summed E-state index contributed by atoms with van der Waals surface area (Å²) in [5.41, 5.74) is 7.00. The van der Waals surface area contributed by atoms with Crippen molar-refractivity contribution in [2.45, 2.75) is 6.92 Å². The summed E-state index contributed by atoms with van der Waals surface area (Å²) < 4.78 is 0. The molecule has 0 heterocycles. The summed E-state index contributed by atoms with van der Waals surface area (Å²) in [6.07, 6.45) is 1.01. The van der Waals surface area contributed by atoms with Gasteiger partial charge >= 0.3 is 6.03 Å². The van der Waals surface area contributed by atoms with Crippen molar-refractivity contribution in [1.29, 1.82) is 5.41 Å². The molecule has 1 aromatic carbocycles. The fraction of sp³-hybridized carbons (Fsp3) is 0.100. The first-order valence-electron chi connectivity index (χ1n) is 4.09. The fourth-order valence-electron chi connectivity index (χ4n) is 1.02. The second-order valence-corrected chi connectivity index (χ2v) is 2.85. The molecule has 14 heavy (non-hydrogen) atoms. The smallest absolute Gasteiger partial charge is 0.338 e. The van der Waals surface area contributed by atoms with Gasteiger partial charge in [0.05, 0.1) is 5.71 Å². The van der Waals surface area contributed by atoms with E-state index in [0.717, 1.165) is 11.8 Å². The number of aliphatic imine (C=N–C) groups is 1. The Morgan fingerprint density at radius 2 is 2.00 bits per heavy atom. The van der Waals surface area contributed by atoms with Gasteiger partial charge in [0.2, 0.25) is 0 Å². The Bertz CT molecular complexity index is 379. The van der Waals surface area contributed by atoms with Crippen LogP contribution in [0.5, 0.6) is 0 Å². The average Bonchev–Trinajstić information content (AvgIpc) is 2.15. The standard InChI is InChI=1S/C10H11N3O/c1-7-2-4-8(5-3-7)9(6-11)13-10(12)14/h2-6,11H,1H3,(H2,12,14). The topological polar surface area (TPSA) is 79.3 Å². The second-order valence-electron chi connectivity index (χ2n) is 2.85. The number of nitrogens with one attached hydrogen (secondary N) is 1. The molecule has 1 rings (SSSR count). The lowest BCUT2D eigenvalue weighted by Gasteiger charge is -1.99. The highest BCUT2D eigenvalue weighted by Gasteiger charge is 2.00. The van der Waals surface area contributed by atoms with Gasteiger partial charge in [0.15, 0.2) is 0 Å². The Morgan fingerprint density at radius 1 is 1.43 bits per heavy atom. The van der Waals surface area contributed by atoms with E-state index in [1.54, 1.807) is 12.1 Å². The van der Waals surface area contributed by atoms with E-state index in [2.05, 4.69) is 4.99 Å². The number of urea groups is 1. The molecule has 0 aromatic heterocycles. The van der Waals surface area contributed by atoms with Crippen molar-refractivity contribution >= 4 is 18.0 Å². The molecule has 0 radical (unpaired) electrons. The van der Waals surface area contributed by atoms with Crippen LogP contribution in [0.3, 0.4) is 0 Å². The van der Waals surface area contributed by atoms with Crippen LogP contribution < -0.4 is 5.73 Å². The number of carbonyl (C=O) groups is 1. The molecule has 2 amide bonds. The van der Waals surface area contributed by atoms with Gasteiger partial charge in [-0.25, -0.2) is 4.79 Å². The van der Waals surface area contributed by atoms with Crippen LogP contribution in [0.15, 0.2) is 29.3 Å². The molecule has 0 aliphatic rings. The molecule has 0 spiro atoms. The molecule has 4 nitrogen and oxygen atoms in total. The number of benzene rings is 1. The van der Waals surface area contributed by atoms with E-state index < -0.39 is 6.03 Å². The molecular formula is C10H11N3O. The number of hydrogen-bond donors (Lipinski definition) is 2. The summed E-state index contributed by atoms with van der Waals surface area (Å²) in [7, 11) is 0. The number of primary amides is 1. The number of aryl methyl sites for hydroxylation is 1. The first kappa shape index (κ1) is 10.1. The minimum absolute atomic E-state index is 0.275. The van der Waals surface area contributed by atoms with E-state index in [1.807, 2.05) is 19.1 Å². The highest BCUT2D eigenvalue weighted by Crippen LogP contribution is 2.03. The van der Waals surface area contributed by atoms with Crippen molar-refractivity contribution in [3.63, 3.8) is 0 Å². The zero-order chi connectivity index (χ0) is 10.6. The Labute approximate surface area is 82.0 Å². The van der Waals surface area contributed by atoms with Gasteiger partial charge in [-0.05, 0) is 6.92 Å². The van der Waals surface area contributed by atoms with E-state index in [9.17, 15) is 4.79 Å². The van der Waals surface area contributed by atoms with E-state index in [0.29, 0.717) is 5.56 Å². The van der Waals surface area contributed by atoms with Gasteiger partial charge in [-0.3, -0.25) is 0 Å². The Kier molecular flexibility index (Phi) is 3.12. The molecular weight excluding hydrogens is 178 g/mol. The van der Waals surface area contributed by atoms with Crippen LogP contribution in [-0.4, -0.2) is 18.0 Å². The lowest BCUT2D eigenvalue weighted by molar-refractivity contribution is 0.257. The molecule has 0 atom stereocenters. The van der Waals surface area contributed by atoms with Gasteiger partial charge in [-0.1, -0.05) is 29.8 Å². The lowest BCUT2D eigenvalue weighted by atomic mass is 10.1. The quantitative estimate of drug-likeness (QED) is 0.679. The summed E-state index contributed by atoms with van der Waals surface area (Å²) in [5, 5.41) is 7.08. The van der Waals surface area contributed by atoms with Crippen LogP contribution in [0.4, 0.5) is 4.79 Å². The number of amides is 2. The third-order valence-corrected chi connectivity index (χ3v) is 1.71. The molecule has 3 N–H and O–H groups in total. The fourth-order valence-corrected chi connectivity index (χ4v) is 1.02. The number of carbonyl (C=O) groups excluding carboxylic acids is 1. The van der Waals surface area contributed by atoms with Crippen LogP contribution in [0.2, 0.25) is 0 Å². The van der Waals surface area contributed by atoms with Gasteiger partial charge < -0.3 is 11.1 Å². The second kappa shape index (κ2) is 4.32. The van der Waals surface area contributed by atoms with Gasteiger partial charge in [-0.15, -0.1) is 0 Å². The third kappa shape index (κ3) is 2.52. The van der Waals surface area contributed by atoms with Crippen LogP contribution in [0.25, 0.3) is 0 Å². The maximum absolute atomic E-state index is 10.5. The summed E-state index contributed by atoms with van der Waals surface area (Å²) >= 11 is 0. The first-order chi connectivity index (χ1) is 6.63. The van der Waals surface area contributed by atoms with Crippen LogP contribution in [0, 0.1) is 12.3 Å². The van der Waals surface area contributed by atoms with Gasteiger partial charge in [0, 0.05) is 11.8 Å². The van der Waals surface area contributed by atoms with Crippen molar-refractivity contribution < 1.29 is 4.79 Å². The molecule has 1 aromatic rings. The largest absolute Gasteiger partial charge is 0.350 e. The number of rotatable bonds is 2. The predicted octanol–water partition coefficient (Wildman–Crippen LogP) is 1.51. The monoisotopic (exact) mass is 189 g/mol. The molecule has 0 aliphatic heterocycles. The summed E-state index contributed by atoms with van der Waals surface area (Å²) in [6.45, 7) is 1.96. The van der Waals surface area contributed by atoms with E-state index >= 15 is 0 Å². The zero-order valence-electron chi connectivity index (χ0n) is 7.82. The highest BCUT2D eigenvalue weighted by atomic mass is 16.2. The van der Waals surface area contributed by atoms with Crippen LogP contribution in [-0.2, 0) is 0 Å². The maximum Gasteiger partial charge on any atom is 0.338 e. The van der Waals surface area contributed by atoms with Crippen molar-refractivity contribution in [2.75, 3.05) is 0 Å². The number of nitrogens with two attached hydrogens (primary N) is 1. The lowest BCUT2D eigenvalue weighted by Crippen LogP contribution is -2.11. The number of hydrogen-bond acceptors (Lipinski definition) is 2. The number of nitrogens with zero attached hydrogens (tertiary/aromatic N) is 1. The maximum atomic E-state index is 10.5. The summed E-state index contributed by atoms with van der Waals surface area (Å²) in [6, 6.07) is 6.57. The van der Waals surface area contributed by atoms with Crippen LogP contribution in [0.1, 0.15) is 11.1 Å². The minimum Gasteiger partial charge on any atom is -0.350 e. The van der Waals surface area contributed by atoms with E-state index in [-0.39, 0.29) is 5.71 Å². The minimum atomic E-state index is -0.788. The first-order valence-corrected chi connectivity index (χ1v) is 4.09. The zero-order valence-corrected chi connectivity index (χ0v) is 7.82. The SMILES string of the molecule is Cc1ccc(C(C=N)=NC(N)=O)cc1. The van der Waals surface area contributed by atoms with Crippen molar-refractivity contribution in [3.05, 3.63) is 35.4 Å². The van der Waals surface area contributed by atoms with Crippen molar-refractivity contribution in [1.82, 2.24) is 0 Å². The van der Waals surface area contributed by atoms with Gasteiger partial charge in [0.25, 0.3) is 0 Å². The molecule has 0 bridgehead atoms. The Balaban J connectivity index is 3.07. The molecule has 0 unspecified atom stereocenters. The predicted molar refractivity (Wildman–Crippen MR) is 56.1 cm³/mol. The molecule has 0 aliphatic carbocycles.